The molecule has 0 radical (unpaired) electrons. The first-order valence-corrected chi connectivity index (χ1v) is 9.95. The maximum Gasteiger partial charge on any atom is 0.281 e. The van der Waals surface area contributed by atoms with Crippen LogP contribution in [0.1, 0.15) is 44.1 Å². The first-order valence-electron chi connectivity index (χ1n) is 8.96. The number of benzene rings is 1. The van der Waals surface area contributed by atoms with Gasteiger partial charge in [0.2, 0.25) is 5.91 Å². The van der Waals surface area contributed by atoms with Crippen molar-refractivity contribution in [2.75, 3.05) is 25.4 Å². The molecular weight excluding hydrogens is 320 g/mol. The molecule has 130 valence electrons. The maximum absolute atomic E-state index is 12.8. The van der Waals surface area contributed by atoms with Gasteiger partial charge in [0.25, 0.3) is 5.24 Å². The molecule has 2 aliphatic heterocycles. The molecule has 2 fully saturated rings. The van der Waals surface area contributed by atoms with Gasteiger partial charge < -0.3 is 9.80 Å². The molecule has 4 nitrogen and oxygen atoms in total. The topological polar surface area (TPSA) is 40.6 Å². The Hall–Kier alpha value is -1.49. The van der Waals surface area contributed by atoms with Crippen molar-refractivity contribution in [3.63, 3.8) is 0 Å². The highest BCUT2D eigenvalue weighted by Crippen LogP contribution is 2.34. The standard InChI is InChI=1S/C19H26N2O2S/c1-2-16(15-7-4-3-5-8-15)17-9-6-11-21(17)18(22)10-12-20-13-14-24-19(20)23/h3-5,7-8,16-17H,2,6,9-14H2,1H3/t16-,17+/m0/s1. The van der Waals surface area contributed by atoms with Crippen LogP contribution in [-0.4, -0.2) is 52.4 Å². The molecule has 0 aliphatic carbocycles. The van der Waals surface area contributed by atoms with Crippen LogP contribution >= 0.6 is 11.8 Å². The molecule has 1 aromatic carbocycles. The average Bonchev–Trinajstić information content (AvgIpc) is 3.24. The molecule has 0 spiro atoms. The van der Waals surface area contributed by atoms with Crippen molar-refractivity contribution in [1.29, 1.82) is 0 Å². The third-order valence-corrected chi connectivity index (χ3v) is 6.08. The van der Waals surface area contributed by atoms with Gasteiger partial charge in [-0.1, -0.05) is 49.0 Å². The van der Waals surface area contributed by atoms with Crippen molar-refractivity contribution < 1.29 is 9.59 Å². The van der Waals surface area contributed by atoms with Gasteiger partial charge in [0.15, 0.2) is 0 Å². The van der Waals surface area contributed by atoms with Gasteiger partial charge in [-0.25, -0.2) is 0 Å². The second-order valence-electron chi connectivity index (χ2n) is 6.57. The molecule has 0 saturated carbocycles. The Bertz CT molecular complexity index is 578. The highest BCUT2D eigenvalue weighted by Gasteiger charge is 2.34. The number of amides is 2. The minimum Gasteiger partial charge on any atom is -0.339 e. The molecule has 24 heavy (non-hydrogen) atoms. The molecule has 3 rings (SSSR count). The first kappa shape index (κ1) is 17.3. The van der Waals surface area contributed by atoms with Gasteiger partial charge in [-0.05, 0) is 24.8 Å². The predicted octanol–water partition coefficient (Wildman–Crippen LogP) is 3.73. The van der Waals surface area contributed by atoms with Crippen LogP contribution in [0.5, 0.6) is 0 Å². The van der Waals surface area contributed by atoms with E-state index < -0.39 is 0 Å². The van der Waals surface area contributed by atoms with E-state index in [1.807, 2.05) is 11.0 Å². The van der Waals surface area contributed by atoms with Crippen molar-refractivity contribution in [2.24, 2.45) is 0 Å². The van der Waals surface area contributed by atoms with Crippen molar-refractivity contribution in [3.05, 3.63) is 35.9 Å². The number of hydrogen-bond acceptors (Lipinski definition) is 3. The van der Waals surface area contributed by atoms with Gasteiger partial charge >= 0.3 is 0 Å². The quantitative estimate of drug-likeness (QED) is 0.788. The summed E-state index contributed by atoms with van der Waals surface area (Å²) in [5.74, 6) is 1.46. The molecule has 1 aromatic rings. The van der Waals surface area contributed by atoms with Crippen LogP contribution in [0.4, 0.5) is 4.79 Å². The highest BCUT2D eigenvalue weighted by molar-refractivity contribution is 8.13. The number of rotatable bonds is 6. The number of thioether (sulfide) groups is 1. The van der Waals surface area contributed by atoms with E-state index in [0.29, 0.717) is 24.9 Å². The van der Waals surface area contributed by atoms with E-state index >= 15 is 0 Å². The van der Waals surface area contributed by atoms with E-state index in [-0.39, 0.29) is 11.1 Å². The smallest absolute Gasteiger partial charge is 0.281 e. The molecule has 5 heteroatoms. The number of likely N-dealkylation sites (tertiary alicyclic amines) is 1. The molecule has 0 unspecified atom stereocenters. The van der Waals surface area contributed by atoms with Crippen LogP contribution < -0.4 is 0 Å². The molecule has 2 aliphatic rings. The molecule has 2 heterocycles. The van der Waals surface area contributed by atoms with Gasteiger partial charge in [-0.2, -0.15) is 0 Å². The second-order valence-corrected chi connectivity index (χ2v) is 7.62. The molecular formula is C19H26N2O2S. The van der Waals surface area contributed by atoms with E-state index in [0.717, 1.165) is 38.1 Å². The van der Waals surface area contributed by atoms with Crippen LogP contribution in [0.3, 0.4) is 0 Å². The summed E-state index contributed by atoms with van der Waals surface area (Å²) in [5, 5.41) is 0.122. The predicted molar refractivity (Wildman–Crippen MR) is 98.3 cm³/mol. The lowest BCUT2D eigenvalue weighted by Gasteiger charge is -2.32. The third-order valence-electron chi connectivity index (χ3n) is 5.19. The van der Waals surface area contributed by atoms with E-state index in [4.69, 9.17) is 0 Å². The van der Waals surface area contributed by atoms with Gasteiger partial charge in [0, 0.05) is 43.8 Å². The van der Waals surface area contributed by atoms with E-state index in [2.05, 4.69) is 36.1 Å². The Morgan fingerprint density at radius 3 is 2.75 bits per heavy atom. The SMILES string of the molecule is CC[C@@H](c1ccccc1)[C@H]1CCCN1C(=O)CCN1CCSC1=O. The fraction of sp³-hybridized carbons (Fsp3) is 0.579. The molecule has 0 N–H and O–H groups in total. The van der Waals surface area contributed by atoms with Crippen molar-refractivity contribution in [2.45, 2.75) is 44.6 Å². The van der Waals surface area contributed by atoms with E-state index in [1.165, 1.54) is 17.3 Å². The Kier molecular flexibility index (Phi) is 5.82. The lowest BCUT2D eigenvalue weighted by atomic mass is 9.87. The molecule has 0 aromatic heterocycles. The van der Waals surface area contributed by atoms with Crippen molar-refractivity contribution >= 4 is 22.9 Å². The van der Waals surface area contributed by atoms with Crippen LogP contribution in [0.25, 0.3) is 0 Å². The molecule has 2 atom stereocenters. The van der Waals surface area contributed by atoms with Crippen molar-refractivity contribution in [3.8, 4) is 0 Å². The van der Waals surface area contributed by atoms with Crippen LogP contribution in [0.2, 0.25) is 0 Å². The number of nitrogens with zero attached hydrogens (tertiary/aromatic N) is 2. The number of carbonyl (C=O) groups excluding carboxylic acids is 2. The summed E-state index contributed by atoms with van der Waals surface area (Å²) >= 11 is 1.36. The Labute approximate surface area is 148 Å². The van der Waals surface area contributed by atoms with Gasteiger partial charge in [-0.15, -0.1) is 0 Å². The summed E-state index contributed by atoms with van der Waals surface area (Å²) in [6.45, 7) is 4.41. The fourth-order valence-electron chi connectivity index (χ4n) is 3.95. The monoisotopic (exact) mass is 346 g/mol. The van der Waals surface area contributed by atoms with Gasteiger partial charge in [-0.3, -0.25) is 9.59 Å². The lowest BCUT2D eigenvalue weighted by molar-refractivity contribution is -0.132. The second kappa shape index (κ2) is 8.06. The summed E-state index contributed by atoms with van der Waals surface area (Å²) in [5.41, 5.74) is 1.33. The Morgan fingerprint density at radius 1 is 1.29 bits per heavy atom. The summed E-state index contributed by atoms with van der Waals surface area (Å²) in [4.78, 5) is 28.3. The maximum atomic E-state index is 12.8. The zero-order valence-electron chi connectivity index (χ0n) is 14.3. The summed E-state index contributed by atoms with van der Waals surface area (Å²) in [7, 11) is 0. The minimum atomic E-state index is 0.122. The van der Waals surface area contributed by atoms with E-state index in [9.17, 15) is 9.59 Å². The Morgan fingerprint density at radius 2 is 2.08 bits per heavy atom. The zero-order valence-corrected chi connectivity index (χ0v) is 15.1. The average molecular weight is 346 g/mol. The number of carbonyl (C=O) groups is 2. The summed E-state index contributed by atoms with van der Waals surface area (Å²) in [6.07, 6.45) is 3.66. The summed E-state index contributed by atoms with van der Waals surface area (Å²) < 4.78 is 0. The third kappa shape index (κ3) is 3.77. The first-order chi connectivity index (χ1) is 11.7. The minimum absolute atomic E-state index is 0.122. The number of hydrogen-bond donors (Lipinski definition) is 0. The van der Waals surface area contributed by atoms with E-state index in [1.54, 1.807) is 0 Å². The van der Waals surface area contributed by atoms with Crippen LogP contribution in [-0.2, 0) is 4.79 Å². The van der Waals surface area contributed by atoms with Gasteiger partial charge in [0.05, 0.1) is 0 Å². The largest absolute Gasteiger partial charge is 0.339 e. The molecule has 2 saturated heterocycles. The molecule has 2 amide bonds. The zero-order chi connectivity index (χ0) is 16.9. The van der Waals surface area contributed by atoms with Crippen LogP contribution in [0, 0.1) is 0 Å². The van der Waals surface area contributed by atoms with Gasteiger partial charge in [0.1, 0.15) is 0 Å². The molecule has 0 bridgehead atoms. The van der Waals surface area contributed by atoms with Crippen LogP contribution in [0.15, 0.2) is 30.3 Å². The van der Waals surface area contributed by atoms with Crippen molar-refractivity contribution in [1.82, 2.24) is 9.80 Å². The Balaban J connectivity index is 1.63. The summed E-state index contributed by atoms with van der Waals surface area (Å²) in [6, 6.07) is 10.9. The lowest BCUT2D eigenvalue weighted by Crippen LogP contribution is -2.40. The fourth-order valence-corrected chi connectivity index (χ4v) is 4.81. The highest BCUT2D eigenvalue weighted by atomic mass is 32.2. The normalized spacial score (nSPS) is 22.2.